The lowest BCUT2D eigenvalue weighted by atomic mass is 10.1. The molecule has 0 radical (unpaired) electrons. The lowest BCUT2D eigenvalue weighted by Gasteiger charge is -2.27. The topological polar surface area (TPSA) is 101 Å². The van der Waals surface area contributed by atoms with Crippen LogP contribution in [-0.4, -0.2) is 52.4 Å². The Bertz CT molecular complexity index is 795. The Balaban J connectivity index is 0.00000450. The normalized spacial score (nSPS) is 11.8. The third-order valence-electron chi connectivity index (χ3n) is 3.96. The highest BCUT2D eigenvalue weighted by molar-refractivity contribution is 5.85. The number of β-amino-alcohol motifs (C(OH)–C–C–N with tert-alkyl or cyclic N) is 1. The monoisotopic (exact) mass is 437 g/mol. The molecule has 1 aromatic heterocycles. The van der Waals surface area contributed by atoms with E-state index in [-0.39, 0.29) is 24.6 Å². The second-order valence-corrected chi connectivity index (χ2v) is 7.71. The third-order valence-corrected chi connectivity index (χ3v) is 3.96. The van der Waals surface area contributed by atoms with Gasteiger partial charge in [0.15, 0.2) is 5.82 Å². The van der Waals surface area contributed by atoms with Gasteiger partial charge in [0, 0.05) is 23.9 Å². The van der Waals surface area contributed by atoms with E-state index in [4.69, 9.17) is 9.47 Å². The summed E-state index contributed by atoms with van der Waals surface area (Å²) in [5.74, 6) is 1.75. The van der Waals surface area contributed by atoms with E-state index in [1.807, 2.05) is 58.9 Å². The number of hydrazone groups is 1. The van der Waals surface area contributed by atoms with Gasteiger partial charge in [0.2, 0.25) is 5.88 Å². The number of halogens is 1. The summed E-state index contributed by atoms with van der Waals surface area (Å²) in [5, 5.41) is 25.6. The molecule has 2 aromatic rings. The molecule has 1 atom stereocenters. The van der Waals surface area contributed by atoms with Gasteiger partial charge in [-0.15, -0.1) is 22.6 Å². The predicted molar refractivity (Wildman–Crippen MR) is 122 cm³/mol. The molecule has 0 saturated heterocycles. The van der Waals surface area contributed by atoms with E-state index in [1.54, 1.807) is 12.1 Å². The number of aromatic nitrogens is 2. The molecule has 30 heavy (non-hydrogen) atoms. The molecule has 1 unspecified atom stereocenters. The van der Waals surface area contributed by atoms with Crippen LogP contribution in [0.2, 0.25) is 0 Å². The SMILES string of the molecule is CC(C)=NNc1ccc(OCC(C)(C)NCC(O)COc2ccccc2C)nn1.Cl. The Hall–Kier alpha value is -2.42. The van der Waals surface area contributed by atoms with Gasteiger partial charge in [-0.2, -0.15) is 5.10 Å². The zero-order valence-electron chi connectivity index (χ0n) is 18.2. The van der Waals surface area contributed by atoms with E-state index in [1.165, 1.54) is 0 Å². The zero-order chi connectivity index (χ0) is 21.3. The molecule has 8 nitrogen and oxygen atoms in total. The second-order valence-electron chi connectivity index (χ2n) is 7.71. The van der Waals surface area contributed by atoms with Crippen LogP contribution in [0, 0.1) is 6.92 Å². The summed E-state index contributed by atoms with van der Waals surface area (Å²) in [6.45, 7) is 10.7. The van der Waals surface area contributed by atoms with Crippen LogP contribution >= 0.6 is 12.4 Å². The van der Waals surface area contributed by atoms with Gasteiger partial charge in [0.05, 0.1) is 0 Å². The van der Waals surface area contributed by atoms with Crippen molar-refractivity contribution in [1.82, 2.24) is 15.5 Å². The van der Waals surface area contributed by atoms with E-state index in [2.05, 4.69) is 26.0 Å². The molecule has 0 saturated carbocycles. The third kappa shape index (κ3) is 9.39. The molecule has 0 aliphatic heterocycles. The first-order chi connectivity index (χ1) is 13.7. The van der Waals surface area contributed by atoms with Crippen LogP contribution in [0.3, 0.4) is 0 Å². The van der Waals surface area contributed by atoms with Gasteiger partial charge in [0.25, 0.3) is 0 Å². The molecule has 0 aliphatic rings. The lowest BCUT2D eigenvalue weighted by Crippen LogP contribution is -2.48. The number of rotatable bonds is 11. The maximum absolute atomic E-state index is 10.2. The van der Waals surface area contributed by atoms with Crippen molar-refractivity contribution in [3.63, 3.8) is 0 Å². The Labute approximate surface area is 184 Å². The molecule has 0 bridgehead atoms. The van der Waals surface area contributed by atoms with Crippen molar-refractivity contribution in [2.45, 2.75) is 46.3 Å². The molecule has 0 aliphatic carbocycles. The van der Waals surface area contributed by atoms with Gasteiger partial charge >= 0.3 is 0 Å². The van der Waals surface area contributed by atoms with E-state index in [0.29, 0.717) is 24.8 Å². The highest BCUT2D eigenvalue weighted by Crippen LogP contribution is 2.16. The van der Waals surface area contributed by atoms with Gasteiger partial charge in [-0.25, -0.2) is 0 Å². The number of hydrogen-bond donors (Lipinski definition) is 3. The number of nitrogens with one attached hydrogen (secondary N) is 2. The Morgan fingerprint density at radius 3 is 2.50 bits per heavy atom. The molecule has 3 N–H and O–H groups in total. The number of ether oxygens (including phenoxy) is 2. The van der Waals surface area contributed by atoms with E-state index in [9.17, 15) is 5.11 Å². The molecular formula is C21H32ClN5O3. The number of anilines is 1. The maximum atomic E-state index is 10.2. The number of benzene rings is 1. The van der Waals surface area contributed by atoms with Gasteiger partial charge < -0.3 is 19.9 Å². The van der Waals surface area contributed by atoms with Crippen LogP contribution in [0.5, 0.6) is 11.6 Å². The summed E-state index contributed by atoms with van der Waals surface area (Å²) >= 11 is 0. The molecule has 166 valence electrons. The fourth-order valence-corrected chi connectivity index (χ4v) is 2.29. The van der Waals surface area contributed by atoms with E-state index in [0.717, 1.165) is 17.0 Å². The molecule has 1 heterocycles. The zero-order valence-corrected chi connectivity index (χ0v) is 19.0. The van der Waals surface area contributed by atoms with Crippen LogP contribution in [0.15, 0.2) is 41.5 Å². The number of hydrogen-bond acceptors (Lipinski definition) is 8. The van der Waals surface area contributed by atoms with Crippen molar-refractivity contribution in [3.8, 4) is 11.6 Å². The number of nitrogens with zero attached hydrogens (tertiary/aromatic N) is 3. The largest absolute Gasteiger partial charge is 0.491 e. The van der Waals surface area contributed by atoms with E-state index >= 15 is 0 Å². The fraction of sp³-hybridized carbons (Fsp3) is 0.476. The smallest absolute Gasteiger partial charge is 0.233 e. The summed E-state index contributed by atoms with van der Waals surface area (Å²) in [6, 6.07) is 11.2. The molecule has 0 spiro atoms. The molecule has 1 aromatic carbocycles. The van der Waals surface area contributed by atoms with E-state index < -0.39 is 6.10 Å². The summed E-state index contributed by atoms with van der Waals surface area (Å²) in [6.07, 6.45) is -0.637. The number of aryl methyl sites for hydroxylation is 1. The van der Waals surface area contributed by atoms with Crippen LogP contribution in [0.25, 0.3) is 0 Å². The van der Waals surface area contributed by atoms with Gasteiger partial charge in [-0.1, -0.05) is 18.2 Å². The first-order valence-corrected chi connectivity index (χ1v) is 9.60. The minimum absolute atomic E-state index is 0. The highest BCUT2D eigenvalue weighted by Gasteiger charge is 2.20. The Morgan fingerprint density at radius 2 is 1.87 bits per heavy atom. The number of aliphatic hydroxyl groups is 1. The minimum atomic E-state index is -0.637. The summed E-state index contributed by atoms with van der Waals surface area (Å²) in [4.78, 5) is 0. The predicted octanol–water partition coefficient (Wildman–Crippen LogP) is 3.20. The quantitative estimate of drug-likeness (QED) is 0.366. The number of aliphatic hydroxyl groups excluding tert-OH is 1. The van der Waals surface area contributed by atoms with Crippen LogP contribution in [-0.2, 0) is 0 Å². The van der Waals surface area contributed by atoms with Crippen molar-refractivity contribution in [2.75, 3.05) is 25.2 Å². The van der Waals surface area contributed by atoms with Crippen molar-refractivity contribution in [3.05, 3.63) is 42.0 Å². The van der Waals surface area contributed by atoms with Crippen molar-refractivity contribution in [2.24, 2.45) is 5.10 Å². The first kappa shape index (κ1) is 25.6. The van der Waals surface area contributed by atoms with Crippen LogP contribution in [0.4, 0.5) is 5.82 Å². The standard InChI is InChI=1S/C21H31N5O3.ClH/c1-15(2)23-24-19-10-11-20(26-25-19)29-14-21(4,5)22-12-17(27)13-28-18-9-7-6-8-16(18)3;/h6-11,17,22,27H,12-14H2,1-5H3,(H,24,25);1H. The molecule has 9 heteroatoms. The fourth-order valence-electron chi connectivity index (χ4n) is 2.29. The average molecular weight is 438 g/mol. The summed E-state index contributed by atoms with van der Waals surface area (Å²) < 4.78 is 11.4. The second kappa shape index (κ2) is 12.3. The average Bonchev–Trinajstić information content (AvgIpc) is 2.69. The van der Waals surface area contributed by atoms with Crippen molar-refractivity contribution >= 4 is 23.9 Å². The Kier molecular flexibility index (Phi) is 10.5. The molecule has 2 rings (SSSR count). The summed E-state index contributed by atoms with van der Waals surface area (Å²) in [7, 11) is 0. The van der Waals surface area contributed by atoms with Gasteiger partial charge in [-0.05, 0) is 52.3 Å². The van der Waals surface area contributed by atoms with Crippen LogP contribution in [0.1, 0.15) is 33.3 Å². The molecule has 0 amide bonds. The number of para-hydroxylation sites is 1. The minimum Gasteiger partial charge on any atom is -0.491 e. The Morgan fingerprint density at radius 1 is 1.13 bits per heavy atom. The van der Waals surface area contributed by atoms with Gasteiger partial charge in [0.1, 0.15) is 25.1 Å². The summed E-state index contributed by atoms with van der Waals surface area (Å²) in [5.41, 5.74) is 4.38. The molecule has 0 fully saturated rings. The van der Waals surface area contributed by atoms with Crippen molar-refractivity contribution in [1.29, 1.82) is 0 Å². The lowest BCUT2D eigenvalue weighted by molar-refractivity contribution is 0.0920. The van der Waals surface area contributed by atoms with Crippen molar-refractivity contribution < 1.29 is 14.6 Å². The highest BCUT2D eigenvalue weighted by atomic mass is 35.5. The van der Waals surface area contributed by atoms with Crippen LogP contribution < -0.4 is 20.2 Å². The van der Waals surface area contributed by atoms with Gasteiger partial charge in [-0.3, -0.25) is 5.43 Å². The maximum Gasteiger partial charge on any atom is 0.233 e. The first-order valence-electron chi connectivity index (χ1n) is 9.60. The molecular weight excluding hydrogens is 406 g/mol.